The van der Waals surface area contributed by atoms with Gasteiger partial charge in [0, 0.05) is 19.8 Å². The summed E-state index contributed by atoms with van der Waals surface area (Å²) in [7, 11) is 1.68. The van der Waals surface area contributed by atoms with Crippen molar-refractivity contribution in [1.29, 1.82) is 0 Å². The van der Waals surface area contributed by atoms with Gasteiger partial charge in [-0.3, -0.25) is 11.3 Å². The molecule has 4 heteroatoms. The van der Waals surface area contributed by atoms with Gasteiger partial charge >= 0.3 is 0 Å². The van der Waals surface area contributed by atoms with Crippen LogP contribution in [-0.2, 0) is 9.47 Å². The van der Waals surface area contributed by atoms with E-state index in [1.807, 2.05) is 0 Å². The Balaban J connectivity index is 2.16. The summed E-state index contributed by atoms with van der Waals surface area (Å²) in [6, 6.07) is 0.220. The van der Waals surface area contributed by atoms with Gasteiger partial charge in [-0.25, -0.2) is 0 Å². The van der Waals surface area contributed by atoms with E-state index < -0.39 is 0 Å². The van der Waals surface area contributed by atoms with Crippen molar-refractivity contribution in [3.8, 4) is 0 Å². The smallest absolute Gasteiger partial charge is 0.0630 e. The van der Waals surface area contributed by atoms with Crippen LogP contribution < -0.4 is 11.3 Å². The largest absolute Gasteiger partial charge is 0.383 e. The van der Waals surface area contributed by atoms with Crippen LogP contribution in [0, 0.1) is 0 Å². The second-order valence-corrected chi connectivity index (χ2v) is 3.19. The Labute approximate surface area is 73.4 Å². The molecule has 12 heavy (non-hydrogen) atoms. The zero-order chi connectivity index (χ0) is 8.81. The van der Waals surface area contributed by atoms with Gasteiger partial charge in [0.1, 0.15) is 0 Å². The lowest BCUT2D eigenvalue weighted by Gasteiger charge is -2.18. The average molecular weight is 174 g/mol. The second kappa shape index (κ2) is 5.48. The number of ether oxygens (including phenoxy) is 2. The van der Waals surface area contributed by atoms with Crippen molar-refractivity contribution in [2.24, 2.45) is 5.84 Å². The summed E-state index contributed by atoms with van der Waals surface area (Å²) in [5, 5.41) is 0. The van der Waals surface area contributed by atoms with Gasteiger partial charge < -0.3 is 9.47 Å². The van der Waals surface area contributed by atoms with E-state index >= 15 is 0 Å². The van der Waals surface area contributed by atoms with Crippen molar-refractivity contribution < 1.29 is 9.47 Å². The molecular formula is C8H18N2O2. The Kier molecular flexibility index (Phi) is 4.53. The van der Waals surface area contributed by atoms with Gasteiger partial charge in [0.25, 0.3) is 0 Å². The number of hydrogen-bond acceptors (Lipinski definition) is 4. The molecule has 1 saturated heterocycles. The third kappa shape index (κ3) is 3.06. The first kappa shape index (κ1) is 9.92. The van der Waals surface area contributed by atoms with Gasteiger partial charge in [0.05, 0.1) is 12.7 Å². The molecule has 0 aliphatic carbocycles. The van der Waals surface area contributed by atoms with Crippen LogP contribution in [0.15, 0.2) is 0 Å². The SMILES string of the molecule is COCC(CC1CCCO1)NN. The van der Waals surface area contributed by atoms with E-state index in [1.165, 1.54) is 6.42 Å². The maximum atomic E-state index is 5.48. The average Bonchev–Trinajstić information content (AvgIpc) is 2.56. The highest BCUT2D eigenvalue weighted by molar-refractivity contribution is 4.72. The van der Waals surface area contributed by atoms with Crippen LogP contribution in [0.3, 0.4) is 0 Å². The predicted octanol–water partition coefficient (Wildman–Crippen LogP) is 0.0338. The molecule has 0 aromatic carbocycles. The summed E-state index contributed by atoms with van der Waals surface area (Å²) in [6.45, 7) is 1.55. The van der Waals surface area contributed by atoms with Gasteiger partial charge in [-0.2, -0.15) is 0 Å². The normalized spacial score (nSPS) is 26.0. The summed E-state index contributed by atoms with van der Waals surface area (Å²) in [6.07, 6.45) is 3.66. The molecule has 0 radical (unpaired) electrons. The Morgan fingerprint density at radius 1 is 1.75 bits per heavy atom. The molecule has 0 aromatic heterocycles. The molecule has 0 amide bonds. The fraction of sp³-hybridized carbons (Fsp3) is 1.00. The first-order valence-corrected chi connectivity index (χ1v) is 4.43. The molecular weight excluding hydrogens is 156 g/mol. The number of rotatable bonds is 5. The van der Waals surface area contributed by atoms with E-state index in [1.54, 1.807) is 7.11 Å². The van der Waals surface area contributed by atoms with E-state index in [9.17, 15) is 0 Å². The minimum Gasteiger partial charge on any atom is -0.383 e. The molecule has 0 bridgehead atoms. The number of hydrazine groups is 1. The van der Waals surface area contributed by atoms with Crippen LogP contribution >= 0.6 is 0 Å². The van der Waals surface area contributed by atoms with Gasteiger partial charge in [0.15, 0.2) is 0 Å². The van der Waals surface area contributed by atoms with E-state index in [4.69, 9.17) is 15.3 Å². The highest BCUT2D eigenvalue weighted by atomic mass is 16.5. The third-order valence-electron chi connectivity index (χ3n) is 2.17. The lowest BCUT2D eigenvalue weighted by Crippen LogP contribution is -2.40. The summed E-state index contributed by atoms with van der Waals surface area (Å²) < 4.78 is 10.5. The summed E-state index contributed by atoms with van der Waals surface area (Å²) >= 11 is 0. The van der Waals surface area contributed by atoms with Crippen LogP contribution in [0.1, 0.15) is 19.3 Å². The van der Waals surface area contributed by atoms with Crippen LogP contribution in [-0.4, -0.2) is 32.5 Å². The van der Waals surface area contributed by atoms with E-state index in [-0.39, 0.29) is 6.04 Å². The maximum absolute atomic E-state index is 5.48. The quantitative estimate of drug-likeness (QED) is 0.456. The van der Waals surface area contributed by atoms with Crippen LogP contribution in [0.2, 0.25) is 0 Å². The molecule has 4 nitrogen and oxygen atoms in total. The monoisotopic (exact) mass is 174 g/mol. The summed E-state index contributed by atoms with van der Waals surface area (Å²) in [5.41, 5.74) is 2.72. The van der Waals surface area contributed by atoms with Crippen molar-refractivity contribution in [3.05, 3.63) is 0 Å². The molecule has 72 valence electrons. The number of hydrogen-bond donors (Lipinski definition) is 2. The molecule has 0 spiro atoms. The van der Waals surface area contributed by atoms with Gasteiger partial charge in [-0.1, -0.05) is 0 Å². The Bertz CT molecular complexity index is 116. The molecule has 2 atom stereocenters. The predicted molar refractivity (Wildman–Crippen MR) is 46.6 cm³/mol. The Morgan fingerprint density at radius 3 is 3.08 bits per heavy atom. The molecule has 1 rings (SSSR count). The van der Waals surface area contributed by atoms with Gasteiger partial charge in [-0.15, -0.1) is 0 Å². The number of nitrogens with two attached hydrogens (primary N) is 1. The lowest BCUT2D eigenvalue weighted by molar-refractivity contribution is 0.0771. The summed E-state index contributed by atoms with van der Waals surface area (Å²) in [5.74, 6) is 5.35. The van der Waals surface area contributed by atoms with Crippen LogP contribution in [0.25, 0.3) is 0 Å². The minimum atomic E-state index is 0.220. The number of methoxy groups -OCH3 is 1. The van der Waals surface area contributed by atoms with Crippen LogP contribution in [0.4, 0.5) is 0 Å². The molecule has 2 unspecified atom stereocenters. The molecule has 3 N–H and O–H groups in total. The number of nitrogens with one attached hydrogen (secondary N) is 1. The highest BCUT2D eigenvalue weighted by Gasteiger charge is 2.19. The minimum absolute atomic E-state index is 0.220. The fourth-order valence-electron chi connectivity index (χ4n) is 1.53. The lowest BCUT2D eigenvalue weighted by atomic mass is 10.1. The van der Waals surface area contributed by atoms with Crippen molar-refractivity contribution in [1.82, 2.24) is 5.43 Å². The summed E-state index contributed by atoms with van der Waals surface area (Å²) in [4.78, 5) is 0. The van der Waals surface area contributed by atoms with E-state index in [0.717, 1.165) is 19.4 Å². The highest BCUT2D eigenvalue weighted by Crippen LogP contribution is 2.16. The zero-order valence-electron chi connectivity index (χ0n) is 7.58. The molecule has 0 saturated carbocycles. The molecule has 1 aliphatic rings. The third-order valence-corrected chi connectivity index (χ3v) is 2.17. The topological polar surface area (TPSA) is 56.5 Å². The molecule has 1 fully saturated rings. The van der Waals surface area contributed by atoms with Crippen molar-refractivity contribution in [3.63, 3.8) is 0 Å². The van der Waals surface area contributed by atoms with E-state index in [0.29, 0.717) is 12.7 Å². The van der Waals surface area contributed by atoms with Crippen molar-refractivity contribution in [2.75, 3.05) is 20.3 Å². The molecule has 1 heterocycles. The van der Waals surface area contributed by atoms with Crippen molar-refractivity contribution in [2.45, 2.75) is 31.4 Å². The first-order chi connectivity index (χ1) is 5.86. The maximum Gasteiger partial charge on any atom is 0.0630 e. The molecule has 1 aliphatic heterocycles. The fourth-order valence-corrected chi connectivity index (χ4v) is 1.53. The molecule has 0 aromatic rings. The van der Waals surface area contributed by atoms with Gasteiger partial charge in [0.2, 0.25) is 0 Å². The van der Waals surface area contributed by atoms with Crippen molar-refractivity contribution >= 4 is 0 Å². The second-order valence-electron chi connectivity index (χ2n) is 3.19. The van der Waals surface area contributed by atoms with Crippen LogP contribution in [0.5, 0.6) is 0 Å². The standard InChI is InChI=1S/C8H18N2O2/c1-11-6-7(10-9)5-8-3-2-4-12-8/h7-8,10H,2-6,9H2,1H3. The Morgan fingerprint density at radius 2 is 2.58 bits per heavy atom. The first-order valence-electron chi connectivity index (χ1n) is 4.43. The Hall–Kier alpha value is -0.160. The van der Waals surface area contributed by atoms with Gasteiger partial charge in [-0.05, 0) is 19.3 Å². The van der Waals surface area contributed by atoms with E-state index in [2.05, 4.69) is 5.43 Å². The zero-order valence-corrected chi connectivity index (χ0v) is 7.58.